The minimum absolute atomic E-state index is 1.10. The summed E-state index contributed by atoms with van der Waals surface area (Å²) < 4.78 is 18.8. The highest BCUT2D eigenvalue weighted by Crippen LogP contribution is 2.28. The molecule has 0 aliphatic carbocycles. The van der Waals surface area contributed by atoms with E-state index in [1.807, 2.05) is 0 Å². The topological polar surface area (TPSA) is 27.7 Å². The van der Waals surface area contributed by atoms with Crippen LogP contribution in [0.2, 0.25) is 44.8 Å². The van der Waals surface area contributed by atoms with Crippen LogP contribution in [-0.4, -0.2) is 32.5 Å². The molecule has 0 rings (SSSR count). The van der Waals surface area contributed by atoms with E-state index in [4.69, 9.17) is 12.7 Å². The summed E-state index contributed by atoms with van der Waals surface area (Å²) in [6.45, 7) is 15.7. The first kappa shape index (κ1) is 21.5. The molecule has 0 spiro atoms. The van der Waals surface area contributed by atoms with Gasteiger partial charge >= 0.3 is 17.1 Å². The first-order chi connectivity index (χ1) is 9.60. The molecule has 3 nitrogen and oxygen atoms in total. The lowest BCUT2D eigenvalue weighted by Crippen LogP contribution is -2.54. The zero-order chi connectivity index (χ0) is 16.6. The summed E-state index contributed by atoms with van der Waals surface area (Å²) in [6, 6.07) is 2.32. The van der Waals surface area contributed by atoms with E-state index < -0.39 is 25.4 Å². The molecule has 0 amide bonds. The molecule has 0 saturated carbocycles. The standard InChI is InChI=1S/C15H38O3Si3/c1-9-11-12-13-15-21(8,18-20(6,7)16-3)17-19(4,5)14-10-2/h9-15H2,1-8H3. The summed E-state index contributed by atoms with van der Waals surface area (Å²) in [4.78, 5) is 0. The van der Waals surface area contributed by atoms with Crippen molar-refractivity contribution in [2.75, 3.05) is 7.11 Å². The van der Waals surface area contributed by atoms with E-state index in [0.717, 1.165) is 6.04 Å². The maximum absolute atomic E-state index is 6.69. The second-order valence-corrected chi connectivity index (χ2v) is 18.9. The Hall–Kier alpha value is 0.531. The summed E-state index contributed by atoms with van der Waals surface area (Å²) in [5.41, 5.74) is 0. The van der Waals surface area contributed by atoms with Crippen molar-refractivity contribution in [2.24, 2.45) is 0 Å². The molecule has 0 saturated heterocycles. The zero-order valence-electron chi connectivity index (χ0n) is 15.7. The predicted molar refractivity (Wildman–Crippen MR) is 99.8 cm³/mol. The molecule has 128 valence electrons. The Kier molecular flexibility index (Phi) is 9.86. The Morgan fingerprint density at radius 2 is 1.33 bits per heavy atom. The Morgan fingerprint density at radius 3 is 1.81 bits per heavy atom. The smallest absolute Gasteiger partial charge is 0.322 e. The first-order valence-corrected chi connectivity index (χ1v) is 17.0. The molecule has 0 fully saturated rings. The van der Waals surface area contributed by atoms with Crippen LogP contribution in [0.3, 0.4) is 0 Å². The molecular formula is C15H38O3Si3. The van der Waals surface area contributed by atoms with Crippen LogP contribution in [0, 0.1) is 0 Å². The second kappa shape index (κ2) is 9.62. The van der Waals surface area contributed by atoms with Gasteiger partial charge in [-0.1, -0.05) is 46.0 Å². The summed E-state index contributed by atoms with van der Waals surface area (Å²) in [5.74, 6) is 0. The highest BCUT2D eigenvalue weighted by molar-refractivity contribution is 6.86. The fourth-order valence-electron chi connectivity index (χ4n) is 2.79. The van der Waals surface area contributed by atoms with Crippen LogP contribution < -0.4 is 0 Å². The van der Waals surface area contributed by atoms with E-state index in [9.17, 15) is 0 Å². The van der Waals surface area contributed by atoms with Crippen molar-refractivity contribution in [2.45, 2.75) is 90.8 Å². The van der Waals surface area contributed by atoms with Gasteiger partial charge in [0.05, 0.1) is 0 Å². The van der Waals surface area contributed by atoms with E-state index in [1.54, 1.807) is 7.11 Å². The summed E-state index contributed by atoms with van der Waals surface area (Å²) >= 11 is 0. The number of hydrogen-bond acceptors (Lipinski definition) is 3. The Balaban J connectivity index is 4.81. The fourth-order valence-corrected chi connectivity index (χ4v) is 15.8. The largest absolute Gasteiger partial charge is 0.436 e. The van der Waals surface area contributed by atoms with E-state index in [1.165, 1.54) is 38.1 Å². The van der Waals surface area contributed by atoms with Crippen LogP contribution in [0.25, 0.3) is 0 Å². The minimum Gasteiger partial charge on any atom is -0.436 e. The Morgan fingerprint density at radius 1 is 0.714 bits per heavy atom. The Labute approximate surface area is 136 Å². The van der Waals surface area contributed by atoms with E-state index >= 15 is 0 Å². The van der Waals surface area contributed by atoms with Crippen molar-refractivity contribution in [3.05, 3.63) is 0 Å². The molecule has 1 unspecified atom stereocenters. The monoisotopic (exact) mass is 350 g/mol. The van der Waals surface area contributed by atoms with Gasteiger partial charge in [-0.15, -0.1) is 0 Å². The van der Waals surface area contributed by atoms with Gasteiger partial charge in [-0.2, -0.15) is 0 Å². The highest BCUT2D eigenvalue weighted by atomic mass is 28.5. The lowest BCUT2D eigenvalue weighted by molar-refractivity contribution is 0.274. The molecule has 0 aliphatic heterocycles. The number of hydrogen-bond donors (Lipinski definition) is 0. The maximum atomic E-state index is 6.69. The zero-order valence-corrected chi connectivity index (χ0v) is 18.7. The van der Waals surface area contributed by atoms with E-state index in [0.29, 0.717) is 0 Å². The molecule has 0 aromatic carbocycles. The van der Waals surface area contributed by atoms with Crippen LogP contribution in [0.4, 0.5) is 0 Å². The van der Waals surface area contributed by atoms with Crippen molar-refractivity contribution in [1.29, 1.82) is 0 Å². The van der Waals surface area contributed by atoms with Gasteiger partial charge in [-0.25, -0.2) is 0 Å². The molecule has 0 heterocycles. The maximum Gasteiger partial charge on any atom is 0.322 e. The molecule has 0 N–H and O–H groups in total. The second-order valence-electron chi connectivity index (χ2n) is 7.26. The minimum atomic E-state index is -2.13. The van der Waals surface area contributed by atoms with E-state index in [2.05, 4.69) is 46.6 Å². The van der Waals surface area contributed by atoms with Gasteiger partial charge in [-0.3, -0.25) is 0 Å². The first-order valence-electron chi connectivity index (χ1n) is 8.55. The predicted octanol–water partition coefficient (Wildman–Crippen LogP) is 5.64. The summed E-state index contributed by atoms with van der Waals surface area (Å²) in [5, 5.41) is 0. The van der Waals surface area contributed by atoms with Gasteiger partial charge in [0.15, 0.2) is 8.32 Å². The third-order valence-electron chi connectivity index (χ3n) is 3.78. The third kappa shape index (κ3) is 10.0. The van der Waals surface area contributed by atoms with Crippen molar-refractivity contribution in [3.8, 4) is 0 Å². The van der Waals surface area contributed by atoms with Gasteiger partial charge in [0, 0.05) is 7.11 Å². The van der Waals surface area contributed by atoms with Crippen molar-refractivity contribution in [3.63, 3.8) is 0 Å². The Bertz CT molecular complexity index is 285. The third-order valence-corrected chi connectivity index (χ3v) is 15.4. The van der Waals surface area contributed by atoms with Gasteiger partial charge in [0.1, 0.15) is 0 Å². The number of rotatable bonds is 12. The molecule has 0 bridgehead atoms. The molecule has 1 atom stereocenters. The summed E-state index contributed by atoms with van der Waals surface area (Å²) in [6.07, 6.45) is 6.29. The molecular weight excluding hydrogens is 312 g/mol. The molecule has 0 radical (unpaired) electrons. The van der Waals surface area contributed by atoms with Gasteiger partial charge in [0.2, 0.25) is 0 Å². The van der Waals surface area contributed by atoms with Crippen LogP contribution in [0.1, 0.15) is 46.0 Å². The molecule has 0 aliphatic rings. The highest BCUT2D eigenvalue weighted by Gasteiger charge is 2.43. The van der Waals surface area contributed by atoms with Crippen molar-refractivity contribution >= 4 is 25.4 Å². The average molecular weight is 351 g/mol. The van der Waals surface area contributed by atoms with Crippen molar-refractivity contribution < 1.29 is 12.7 Å². The van der Waals surface area contributed by atoms with Gasteiger partial charge in [-0.05, 0) is 44.8 Å². The molecule has 0 aromatic rings. The van der Waals surface area contributed by atoms with Crippen LogP contribution in [0.15, 0.2) is 0 Å². The molecule has 6 heteroatoms. The molecule has 0 aromatic heterocycles. The van der Waals surface area contributed by atoms with Crippen LogP contribution in [-0.2, 0) is 12.7 Å². The lowest BCUT2D eigenvalue weighted by atomic mass is 10.2. The fraction of sp³-hybridized carbons (Fsp3) is 1.00. The average Bonchev–Trinajstić information content (AvgIpc) is 2.33. The normalized spacial score (nSPS) is 16.0. The molecule has 21 heavy (non-hydrogen) atoms. The van der Waals surface area contributed by atoms with Gasteiger partial charge in [0.25, 0.3) is 0 Å². The lowest BCUT2D eigenvalue weighted by Gasteiger charge is -2.40. The van der Waals surface area contributed by atoms with Gasteiger partial charge < -0.3 is 12.7 Å². The summed E-state index contributed by atoms with van der Waals surface area (Å²) in [7, 11) is -4.02. The van der Waals surface area contributed by atoms with Crippen LogP contribution >= 0.6 is 0 Å². The van der Waals surface area contributed by atoms with Crippen LogP contribution in [0.5, 0.6) is 0 Å². The number of unbranched alkanes of at least 4 members (excludes halogenated alkanes) is 3. The SMILES string of the molecule is CCCCCC[Si](C)(O[Si](C)(C)CCC)O[Si](C)(C)OC. The van der Waals surface area contributed by atoms with E-state index in [-0.39, 0.29) is 0 Å². The van der Waals surface area contributed by atoms with Crippen molar-refractivity contribution in [1.82, 2.24) is 0 Å². The quantitative estimate of drug-likeness (QED) is 0.337.